The van der Waals surface area contributed by atoms with Gasteiger partial charge in [-0.1, -0.05) is 24.3 Å². The molecule has 2 nitrogen and oxygen atoms in total. The number of amides is 1. The molecule has 0 atom stereocenters. The van der Waals surface area contributed by atoms with Gasteiger partial charge in [0.1, 0.15) is 0 Å². The molecule has 0 heterocycles. The second-order valence-corrected chi connectivity index (χ2v) is 9.57. The van der Waals surface area contributed by atoms with Crippen molar-refractivity contribution >= 4 is 27.5 Å². The van der Waals surface area contributed by atoms with E-state index in [1.54, 1.807) is 0 Å². The number of carbonyl (C=O) groups excluding carboxylic acids is 1. The quantitative estimate of drug-likeness (QED) is 0.644. The van der Waals surface area contributed by atoms with E-state index in [1.807, 2.05) is 30.3 Å². The zero-order valence-electron chi connectivity index (χ0n) is 14.9. The van der Waals surface area contributed by atoms with Gasteiger partial charge in [0.05, 0.1) is 5.69 Å². The minimum atomic E-state index is -0.0612. The Hall–Kier alpha value is -1.61. The van der Waals surface area contributed by atoms with Gasteiger partial charge >= 0.3 is 0 Å². The molecule has 0 aromatic heterocycles. The maximum absolute atomic E-state index is 12.4. The van der Waals surface area contributed by atoms with Gasteiger partial charge in [-0.2, -0.15) is 0 Å². The van der Waals surface area contributed by atoms with E-state index in [0.29, 0.717) is 11.0 Å². The summed E-state index contributed by atoms with van der Waals surface area (Å²) in [6, 6.07) is 16.0. The van der Waals surface area contributed by atoms with Crippen LogP contribution in [0.2, 0.25) is 0 Å². The summed E-state index contributed by atoms with van der Waals surface area (Å²) in [4.78, 5) is 12.4. The molecule has 1 amide bonds. The van der Waals surface area contributed by atoms with Crippen molar-refractivity contribution < 1.29 is 4.79 Å². The summed E-state index contributed by atoms with van der Waals surface area (Å²) in [6.45, 7) is 0. The maximum atomic E-state index is 12.4. The maximum Gasteiger partial charge on any atom is 0.255 e. The molecular formula is C23H24BrNO. The first-order valence-electron chi connectivity index (χ1n) is 9.78. The standard InChI is InChI=1S/C23H24BrNO/c24-20-11-19(23-12-15-8-16(13-23)10-17(9-15)14-23)6-7-21(20)25-22(26)18-4-2-1-3-5-18/h1-7,11,15-17H,8-10,12-14H2,(H,25,26). The Bertz CT molecular complexity index is 809. The SMILES string of the molecule is O=C(Nc1ccc(C23CC4CC(CC(C4)C2)C3)cc1Br)c1ccccc1. The van der Waals surface area contributed by atoms with Gasteiger partial charge in [-0.25, -0.2) is 0 Å². The minimum absolute atomic E-state index is 0.0612. The number of hydrogen-bond donors (Lipinski definition) is 1. The van der Waals surface area contributed by atoms with E-state index in [4.69, 9.17) is 0 Å². The highest BCUT2D eigenvalue weighted by Crippen LogP contribution is 2.60. The van der Waals surface area contributed by atoms with E-state index in [0.717, 1.165) is 27.9 Å². The molecule has 6 rings (SSSR count). The average molecular weight is 410 g/mol. The Balaban J connectivity index is 1.40. The van der Waals surface area contributed by atoms with E-state index < -0.39 is 0 Å². The second kappa shape index (κ2) is 6.23. The first-order valence-corrected chi connectivity index (χ1v) is 10.6. The number of hydrogen-bond acceptors (Lipinski definition) is 1. The van der Waals surface area contributed by atoms with Gasteiger partial charge in [0.2, 0.25) is 0 Å². The van der Waals surface area contributed by atoms with Crippen LogP contribution in [0.1, 0.15) is 54.4 Å². The van der Waals surface area contributed by atoms with Crippen molar-refractivity contribution in [1.82, 2.24) is 0 Å². The molecule has 0 spiro atoms. The van der Waals surface area contributed by atoms with Gasteiger partial charge in [-0.05, 0) is 107 Å². The van der Waals surface area contributed by atoms with E-state index in [1.165, 1.54) is 44.1 Å². The van der Waals surface area contributed by atoms with Crippen LogP contribution in [0.3, 0.4) is 0 Å². The highest BCUT2D eigenvalue weighted by molar-refractivity contribution is 9.10. The monoisotopic (exact) mass is 409 g/mol. The van der Waals surface area contributed by atoms with Gasteiger partial charge in [-0.15, -0.1) is 0 Å². The normalized spacial score (nSPS) is 31.8. The lowest BCUT2D eigenvalue weighted by molar-refractivity contribution is -0.00520. The van der Waals surface area contributed by atoms with Crippen molar-refractivity contribution in [2.75, 3.05) is 5.32 Å². The molecule has 2 aromatic carbocycles. The van der Waals surface area contributed by atoms with Crippen molar-refractivity contribution in [1.29, 1.82) is 0 Å². The Morgan fingerprint density at radius 1 is 0.923 bits per heavy atom. The summed E-state index contributed by atoms with van der Waals surface area (Å²) >= 11 is 3.71. The van der Waals surface area contributed by atoms with Crippen LogP contribution in [0, 0.1) is 17.8 Å². The summed E-state index contributed by atoms with van der Waals surface area (Å²) < 4.78 is 0.995. The summed E-state index contributed by atoms with van der Waals surface area (Å²) in [5.74, 6) is 2.77. The molecule has 4 aliphatic carbocycles. The molecule has 1 N–H and O–H groups in total. The fourth-order valence-corrected chi connectivity index (χ4v) is 6.67. The van der Waals surface area contributed by atoms with Crippen LogP contribution in [-0.2, 0) is 5.41 Å². The summed E-state index contributed by atoms with van der Waals surface area (Å²) in [7, 11) is 0. The largest absolute Gasteiger partial charge is 0.321 e. The molecule has 0 unspecified atom stereocenters. The third kappa shape index (κ3) is 2.81. The van der Waals surface area contributed by atoms with Gasteiger partial charge in [-0.3, -0.25) is 4.79 Å². The molecule has 4 bridgehead atoms. The van der Waals surface area contributed by atoms with Crippen LogP contribution < -0.4 is 5.32 Å². The Morgan fingerprint density at radius 2 is 1.54 bits per heavy atom. The van der Waals surface area contributed by atoms with E-state index in [-0.39, 0.29) is 5.91 Å². The van der Waals surface area contributed by atoms with Crippen LogP contribution in [0.4, 0.5) is 5.69 Å². The molecule has 2 aromatic rings. The second-order valence-electron chi connectivity index (χ2n) is 8.71. The molecule has 0 radical (unpaired) electrons. The molecule has 26 heavy (non-hydrogen) atoms. The predicted octanol–water partition coefficient (Wildman–Crippen LogP) is 6.17. The van der Waals surface area contributed by atoms with E-state index in [9.17, 15) is 4.79 Å². The fourth-order valence-electron chi connectivity index (χ4n) is 6.19. The van der Waals surface area contributed by atoms with Crippen LogP contribution in [0.5, 0.6) is 0 Å². The summed E-state index contributed by atoms with van der Waals surface area (Å²) in [6.07, 6.45) is 8.48. The van der Waals surface area contributed by atoms with E-state index >= 15 is 0 Å². The number of rotatable bonds is 3. The first kappa shape index (κ1) is 16.6. The Kier molecular flexibility index (Phi) is 3.97. The highest BCUT2D eigenvalue weighted by Gasteiger charge is 2.51. The number of carbonyl (C=O) groups is 1. The molecule has 4 aliphatic rings. The van der Waals surface area contributed by atoms with Gasteiger partial charge < -0.3 is 5.32 Å². The number of halogens is 1. The zero-order chi connectivity index (χ0) is 17.7. The van der Waals surface area contributed by atoms with Crippen LogP contribution in [-0.4, -0.2) is 5.91 Å². The first-order chi connectivity index (χ1) is 12.6. The van der Waals surface area contributed by atoms with Crippen LogP contribution in [0.15, 0.2) is 53.0 Å². The van der Waals surface area contributed by atoms with Crippen LogP contribution >= 0.6 is 15.9 Å². The van der Waals surface area contributed by atoms with Gasteiger partial charge in [0.15, 0.2) is 0 Å². The minimum Gasteiger partial charge on any atom is -0.321 e. The lowest BCUT2D eigenvalue weighted by Gasteiger charge is -2.57. The third-order valence-electron chi connectivity index (χ3n) is 6.90. The molecule has 0 aliphatic heterocycles. The number of anilines is 1. The molecule has 134 valence electrons. The van der Waals surface area contributed by atoms with Gasteiger partial charge in [0, 0.05) is 10.0 Å². The lowest BCUT2D eigenvalue weighted by atomic mass is 9.48. The Labute approximate surface area is 163 Å². The molecular weight excluding hydrogens is 386 g/mol. The van der Waals surface area contributed by atoms with Crippen molar-refractivity contribution in [3.05, 3.63) is 64.1 Å². The Morgan fingerprint density at radius 3 is 2.12 bits per heavy atom. The molecule has 4 fully saturated rings. The van der Waals surface area contributed by atoms with Crippen molar-refractivity contribution in [3.63, 3.8) is 0 Å². The topological polar surface area (TPSA) is 29.1 Å². The van der Waals surface area contributed by atoms with E-state index in [2.05, 4.69) is 39.4 Å². The number of nitrogens with one attached hydrogen (secondary N) is 1. The van der Waals surface area contributed by atoms with Crippen molar-refractivity contribution in [3.8, 4) is 0 Å². The highest BCUT2D eigenvalue weighted by atomic mass is 79.9. The van der Waals surface area contributed by atoms with Crippen LogP contribution in [0.25, 0.3) is 0 Å². The van der Waals surface area contributed by atoms with Crippen molar-refractivity contribution in [2.45, 2.75) is 43.9 Å². The van der Waals surface area contributed by atoms with Gasteiger partial charge in [0.25, 0.3) is 5.91 Å². The number of benzene rings is 2. The van der Waals surface area contributed by atoms with Crippen molar-refractivity contribution in [2.24, 2.45) is 17.8 Å². The smallest absolute Gasteiger partial charge is 0.255 e. The summed E-state index contributed by atoms with van der Waals surface area (Å²) in [5, 5.41) is 3.04. The molecule has 0 saturated heterocycles. The molecule has 3 heteroatoms. The average Bonchev–Trinajstić information content (AvgIpc) is 2.63. The lowest BCUT2D eigenvalue weighted by Crippen LogP contribution is -2.48. The zero-order valence-corrected chi connectivity index (χ0v) is 16.5. The summed E-state index contributed by atoms with van der Waals surface area (Å²) in [5.41, 5.74) is 3.40. The predicted molar refractivity (Wildman–Crippen MR) is 108 cm³/mol. The molecule has 4 saturated carbocycles. The fraction of sp³-hybridized carbons (Fsp3) is 0.435. The third-order valence-corrected chi connectivity index (χ3v) is 7.56.